The van der Waals surface area contributed by atoms with Crippen molar-refractivity contribution in [1.82, 2.24) is 4.90 Å². The quantitative estimate of drug-likeness (QED) is 0.554. The van der Waals surface area contributed by atoms with E-state index in [1.165, 1.54) is 0 Å². The molecule has 3 aromatic rings. The smallest absolute Gasteiger partial charge is 0.255 e. The zero-order valence-corrected chi connectivity index (χ0v) is 18.8. The molecule has 33 heavy (non-hydrogen) atoms. The number of rotatable bonds is 8. The van der Waals surface area contributed by atoms with Crippen molar-refractivity contribution >= 4 is 17.5 Å². The molecule has 2 amide bonds. The summed E-state index contributed by atoms with van der Waals surface area (Å²) in [7, 11) is 4.68. The summed E-state index contributed by atoms with van der Waals surface area (Å²) in [5.74, 6) is 1.35. The topological polar surface area (TPSA) is 77.1 Å². The lowest BCUT2D eigenvalue weighted by Crippen LogP contribution is -2.32. The number of hydrogen-bond donors (Lipinski definition) is 1. The fourth-order valence-electron chi connectivity index (χ4n) is 4.12. The Morgan fingerprint density at radius 3 is 2.33 bits per heavy atom. The lowest BCUT2D eigenvalue weighted by Gasteiger charge is -2.28. The van der Waals surface area contributed by atoms with Crippen molar-refractivity contribution in [2.24, 2.45) is 0 Å². The molecule has 1 unspecified atom stereocenters. The number of para-hydroxylation sites is 2. The zero-order chi connectivity index (χ0) is 23.4. The number of hydrogen-bond acceptors (Lipinski definition) is 5. The molecule has 1 aliphatic heterocycles. The van der Waals surface area contributed by atoms with Gasteiger partial charge in [-0.1, -0.05) is 36.4 Å². The van der Waals surface area contributed by atoms with Crippen molar-refractivity contribution in [3.8, 4) is 17.2 Å². The number of carbonyl (C=O) groups excluding carboxylic acids is 2. The van der Waals surface area contributed by atoms with Gasteiger partial charge in [0.15, 0.2) is 11.5 Å². The first-order valence-corrected chi connectivity index (χ1v) is 10.6. The molecule has 7 nitrogen and oxygen atoms in total. The highest BCUT2D eigenvalue weighted by Gasteiger charge is 2.35. The van der Waals surface area contributed by atoms with Crippen LogP contribution < -0.4 is 19.5 Å². The second-order valence-corrected chi connectivity index (χ2v) is 7.67. The van der Waals surface area contributed by atoms with Crippen LogP contribution in [0.3, 0.4) is 0 Å². The van der Waals surface area contributed by atoms with Crippen LogP contribution in [-0.2, 0) is 11.3 Å². The fourth-order valence-corrected chi connectivity index (χ4v) is 4.12. The normalized spacial score (nSPS) is 13.3. The van der Waals surface area contributed by atoms with Crippen LogP contribution in [0.2, 0.25) is 0 Å². The molecule has 1 N–H and O–H groups in total. The van der Waals surface area contributed by atoms with Crippen molar-refractivity contribution in [3.63, 3.8) is 0 Å². The van der Waals surface area contributed by atoms with Gasteiger partial charge in [-0.05, 0) is 41.5 Å². The highest BCUT2D eigenvalue weighted by Crippen LogP contribution is 2.37. The minimum absolute atomic E-state index is 0.0628. The second-order valence-electron chi connectivity index (χ2n) is 7.67. The summed E-state index contributed by atoms with van der Waals surface area (Å²) < 4.78 is 16.2. The third kappa shape index (κ3) is 4.48. The van der Waals surface area contributed by atoms with Gasteiger partial charge < -0.3 is 24.4 Å². The van der Waals surface area contributed by atoms with Crippen molar-refractivity contribution in [2.75, 3.05) is 26.6 Å². The molecule has 4 rings (SSSR count). The SMILES string of the molecule is COc1ccccc1NC(=O)CC(c1ccc(OC)c(OC)c1)N1Cc2ccccc2C1=O. The van der Waals surface area contributed by atoms with Gasteiger partial charge in [-0.3, -0.25) is 9.59 Å². The Bertz CT molecular complexity index is 1180. The van der Waals surface area contributed by atoms with Gasteiger partial charge in [0, 0.05) is 12.1 Å². The number of amides is 2. The summed E-state index contributed by atoms with van der Waals surface area (Å²) in [5, 5.41) is 2.91. The van der Waals surface area contributed by atoms with Crippen LogP contribution in [-0.4, -0.2) is 38.0 Å². The third-order valence-electron chi connectivity index (χ3n) is 5.78. The zero-order valence-electron chi connectivity index (χ0n) is 18.8. The van der Waals surface area contributed by atoms with E-state index < -0.39 is 6.04 Å². The van der Waals surface area contributed by atoms with E-state index in [0.29, 0.717) is 35.0 Å². The molecule has 0 aromatic heterocycles. The predicted octanol–water partition coefficient (Wildman–Crippen LogP) is 4.44. The predicted molar refractivity (Wildman–Crippen MR) is 125 cm³/mol. The molecule has 7 heteroatoms. The summed E-state index contributed by atoms with van der Waals surface area (Å²) in [5.41, 5.74) is 2.96. The van der Waals surface area contributed by atoms with Crippen molar-refractivity contribution in [1.29, 1.82) is 0 Å². The van der Waals surface area contributed by atoms with E-state index in [2.05, 4.69) is 5.32 Å². The van der Waals surface area contributed by atoms with Gasteiger partial charge >= 0.3 is 0 Å². The van der Waals surface area contributed by atoms with Crippen molar-refractivity contribution < 1.29 is 23.8 Å². The molecule has 1 heterocycles. The molecular weight excluding hydrogens is 420 g/mol. The van der Waals surface area contributed by atoms with E-state index in [1.54, 1.807) is 44.4 Å². The Balaban J connectivity index is 1.66. The number of ether oxygens (including phenoxy) is 3. The van der Waals surface area contributed by atoms with E-state index in [-0.39, 0.29) is 18.2 Å². The molecule has 0 radical (unpaired) electrons. The summed E-state index contributed by atoms with van der Waals surface area (Å²) >= 11 is 0. The fraction of sp³-hybridized carbons (Fsp3) is 0.231. The highest BCUT2D eigenvalue weighted by atomic mass is 16.5. The maximum Gasteiger partial charge on any atom is 0.255 e. The van der Waals surface area contributed by atoms with Crippen LogP contribution in [0.15, 0.2) is 66.7 Å². The standard InChI is InChI=1S/C26H26N2O5/c1-31-22-11-7-6-10-20(22)27-25(29)15-21(17-12-13-23(32-2)24(14-17)33-3)28-16-18-8-4-5-9-19(18)26(28)30/h4-14,21H,15-16H2,1-3H3,(H,27,29). The lowest BCUT2D eigenvalue weighted by molar-refractivity contribution is -0.117. The van der Waals surface area contributed by atoms with Gasteiger partial charge in [-0.15, -0.1) is 0 Å². The maximum atomic E-state index is 13.2. The first-order chi connectivity index (χ1) is 16.0. The van der Waals surface area contributed by atoms with Gasteiger partial charge in [0.1, 0.15) is 5.75 Å². The average molecular weight is 447 g/mol. The van der Waals surface area contributed by atoms with Crippen molar-refractivity contribution in [2.45, 2.75) is 19.0 Å². The molecule has 1 aliphatic rings. The number of carbonyl (C=O) groups is 2. The Morgan fingerprint density at radius 2 is 1.61 bits per heavy atom. The number of nitrogens with zero attached hydrogens (tertiary/aromatic N) is 1. The van der Waals surface area contributed by atoms with Gasteiger partial charge in [0.05, 0.1) is 39.5 Å². The van der Waals surface area contributed by atoms with Crippen LogP contribution >= 0.6 is 0 Å². The van der Waals surface area contributed by atoms with Crippen LogP contribution in [0.1, 0.15) is 33.9 Å². The van der Waals surface area contributed by atoms with Crippen molar-refractivity contribution in [3.05, 3.63) is 83.4 Å². The number of benzene rings is 3. The average Bonchev–Trinajstić information content (AvgIpc) is 3.18. The highest BCUT2D eigenvalue weighted by molar-refractivity contribution is 5.99. The number of nitrogens with one attached hydrogen (secondary N) is 1. The van der Waals surface area contributed by atoms with Gasteiger partial charge in [-0.25, -0.2) is 0 Å². The summed E-state index contributed by atoms with van der Waals surface area (Å²) in [6.45, 7) is 0.427. The van der Waals surface area contributed by atoms with Gasteiger partial charge in [0.25, 0.3) is 5.91 Å². The molecule has 1 atom stereocenters. The molecule has 0 spiro atoms. The maximum absolute atomic E-state index is 13.2. The molecule has 0 saturated carbocycles. The van der Waals surface area contributed by atoms with Gasteiger partial charge in [0.2, 0.25) is 5.91 Å². The minimum atomic E-state index is -0.501. The second kappa shape index (κ2) is 9.65. The van der Waals surface area contributed by atoms with Crippen LogP contribution in [0.25, 0.3) is 0 Å². The summed E-state index contributed by atoms with van der Waals surface area (Å²) in [4.78, 5) is 28.1. The van der Waals surface area contributed by atoms with Crippen LogP contribution in [0, 0.1) is 0 Å². The van der Waals surface area contributed by atoms with E-state index in [0.717, 1.165) is 11.1 Å². The Morgan fingerprint density at radius 1 is 0.909 bits per heavy atom. The summed E-state index contributed by atoms with van der Waals surface area (Å²) in [6.07, 6.45) is 0.0628. The number of fused-ring (bicyclic) bond motifs is 1. The third-order valence-corrected chi connectivity index (χ3v) is 5.78. The Hall–Kier alpha value is -4.00. The monoisotopic (exact) mass is 446 g/mol. The van der Waals surface area contributed by atoms with Crippen LogP contribution in [0.4, 0.5) is 5.69 Å². The first kappa shape index (κ1) is 22.2. The largest absolute Gasteiger partial charge is 0.495 e. The lowest BCUT2D eigenvalue weighted by atomic mass is 10.0. The Kier molecular flexibility index (Phi) is 6.49. The first-order valence-electron chi connectivity index (χ1n) is 10.6. The summed E-state index contributed by atoms with van der Waals surface area (Å²) in [6, 6.07) is 19.7. The van der Waals surface area contributed by atoms with Gasteiger partial charge in [-0.2, -0.15) is 0 Å². The molecule has 0 bridgehead atoms. The Labute approximate surface area is 192 Å². The molecular formula is C26H26N2O5. The molecule has 170 valence electrons. The molecule has 0 aliphatic carbocycles. The number of anilines is 1. The molecule has 0 saturated heterocycles. The minimum Gasteiger partial charge on any atom is -0.495 e. The molecule has 3 aromatic carbocycles. The molecule has 0 fully saturated rings. The van der Waals surface area contributed by atoms with E-state index in [4.69, 9.17) is 14.2 Å². The van der Waals surface area contributed by atoms with E-state index in [9.17, 15) is 9.59 Å². The number of methoxy groups -OCH3 is 3. The van der Waals surface area contributed by atoms with E-state index in [1.807, 2.05) is 48.5 Å². The van der Waals surface area contributed by atoms with E-state index >= 15 is 0 Å². The van der Waals surface area contributed by atoms with Crippen LogP contribution in [0.5, 0.6) is 17.2 Å².